The minimum absolute atomic E-state index is 0.0333. The number of esters is 2. The highest BCUT2D eigenvalue weighted by atomic mass is 35.5. The number of benzene rings is 3. The summed E-state index contributed by atoms with van der Waals surface area (Å²) in [5.74, 6) is -3.42. The average Bonchev–Trinajstić information content (AvgIpc) is 3.18. The number of methoxy groups -OCH3 is 1. The molecule has 0 atom stereocenters. The lowest BCUT2D eigenvalue weighted by atomic mass is 10.1. The maximum absolute atomic E-state index is 13.3. The zero-order valence-electron chi connectivity index (χ0n) is 21.5. The van der Waals surface area contributed by atoms with Gasteiger partial charge in [-0.1, -0.05) is 48.9 Å². The van der Waals surface area contributed by atoms with E-state index in [0.717, 1.165) is 4.90 Å². The molecule has 0 fully saturated rings. The number of para-hydroxylation sites is 2. The maximum atomic E-state index is 13.3. The zero-order chi connectivity index (χ0) is 28.8. The summed E-state index contributed by atoms with van der Waals surface area (Å²) in [4.78, 5) is 64.7. The Morgan fingerprint density at radius 3 is 2.30 bits per heavy atom. The molecule has 204 valence electrons. The van der Waals surface area contributed by atoms with Crippen molar-refractivity contribution in [2.75, 3.05) is 29.3 Å². The molecule has 4 rings (SSSR count). The van der Waals surface area contributed by atoms with E-state index in [1.54, 1.807) is 42.5 Å². The van der Waals surface area contributed by atoms with E-state index in [1.807, 2.05) is 6.92 Å². The number of ether oxygens (including phenoxy) is 2. The summed E-state index contributed by atoms with van der Waals surface area (Å²) in [6, 6.07) is 18.6. The number of nitrogens with one attached hydrogen (secondary N) is 2. The van der Waals surface area contributed by atoms with Gasteiger partial charge in [0, 0.05) is 11.3 Å². The van der Waals surface area contributed by atoms with Gasteiger partial charge in [-0.3, -0.25) is 14.4 Å². The van der Waals surface area contributed by atoms with E-state index >= 15 is 0 Å². The highest BCUT2D eigenvalue weighted by Crippen LogP contribution is 2.32. The van der Waals surface area contributed by atoms with Crippen LogP contribution >= 0.6 is 11.6 Å². The number of halogens is 1. The SMILES string of the molecule is CCCOC(=O)c1ccccc1N1C(=O)C(Cl)=C(Nc2cccc(C(=O)Nc3ccccc3C(=O)OC)c2)C1=O. The highest BCUT2D eigenvalue weighted by molar-refractivity contribution is 6.53. The second-order valence-electron chi connectivity index (χ2n) is 8.48. The third-order valence-corrected chi connectivity index (χ3v) is 6.15. The lowest BCUT2D eigenvalue weighted by molar-refractivity contribution is -0.120. The molecule has 3 aromatic rings. The van der Waals surface area contributed by atoms with Gasteiger partial charge in [-0.2, -0.15) is 0 Å². The standard InChI is InChI=1S/C29H24ClN3O7/c1-3-15-40-29(38)20-12-5-7-14-22(20)33-26(35)23(30)24(27(33)36)31-18-10-8-9-17(16-18)25(34)32-21-13-6-4-11-19(21)28(37)39-2/h4-14,16,31H,3,15H2,1-2H3,(H,32,34). The Labute approximate surface area is 234 Å². The van der Waals surface area contributed by atoms with Crippen molar-refractivity contribution in [2.45, 2.75) is 13.3 Å². The van der Waals surface area contributed by atoms with Crippen molar-refractivity contribution in [3.63, 3.8) is 0 Å². The van der Waals surface area contributed by atoms with Crippen LogP contribution < -0.4 is 15.5 Å². The molecule has 1 heterocycles. The second-order valence-corrected chi connectivity index (χ2v) is 8.86. The van der Waals surface area contributed by atoms with Gasteiger partial charge in [-0.15, -0.1) is 0 Å². The van der Waals surface area contributed by atoms with E-state index < -0.39 is 29.7 Å². The fraction of sp³-hybridized carbons (Fsp3) is 0.138. The first kappa shape index (κ1) is 28.1. The van der Waals surface area contributed by atoms with Gasteiger partial charge in [0.15, 0.2) is 0 Å². The number of amides is 3. The monoisotopic (exact) mass is 561 g/mol. The maximum Gasteiger partial charge on any atom is 0.340 e. The number of nitrogens with zero attached hydrogens (tertiary/aromatic N) is 1. The van der Waals surface area contributed by atoms with E-state index in [0.29, 0.717) is 12.1 Å². The number of rotatable bonds is 9. The molecule has 0 aliphatic carbocycles. The van der Waals surface area contributed by atoms with Crippen LogP contribution in [0.3, 0.4) is 0 Å². The van der Waals surface area contributed by atoms with E-state index in [-0.39, 0.29) is 45.4 Å². The molecule has 0 spiro atoms. The number of hydrogen-bond donors (Lipinski definition) is 2. The summed E-state index contributed by atoms with van der Waals surface area (Å²) in [6.07, 6.45) is 0.603. The van der Waals surface area contributed by atoms with Crippen LogP contribution in [0.25, 0.3) is 0 Å². The van der Waals surface area contributed by atoms with Gasteiger partial charge >= 0.3 is 11.9 Å². The van der Waals surface area contributed by atoms with Crippen molar-refractivity contribution in [2.24, 2.45) is 0 Å². The van der Waals surface area contributed by atoms with E-state index in [9.17, 15) is 24.0 Å². The Bertz CT molecular complexity index is 1550. The third kappa shape index (κ3) is 5.71. The predicted octanol–water partition coefficient (Wildman–Crippen LogP) is 4.73. The van der Waals surface area contributed by atoms with Crippen LogP contribution in [0.4, 0.5) is 17.1 Å². The molecule has 3 aromatic carbocycles. The molecule has 11 heteroatoms. The van der Waals surface area contributed by atoms with Gasteiger partial charge in [0.05, 0.1) is 36.2 Å². The lowest BCUT2D eigenvalue weighted by Gasteiger charge is -2.18. The quantitative estimate of drug-likeness (QED) is 0.283. The fourth-order valence-corrected chi connectivity index (χ4v) is 4.11. The van der Waals surface area contributed by atoms with Crippen LogP contribution in [0.2, 0.25) is 0 Å². The molecular weight excluding hydrogens is 538 g/mol. The van der Waals surface area contributed by atoms with E-state index in [1.165, 1.54) is 37.4 Å². The molecule has 1 aliphatic heterocycles. The molecule has 0 bridgehead atoms. The molecule has 10 nitrogen and oxygen atoms in total. The Morgan fingerprint density at radius 1 is 0.875 bits per heavy atom. The first-order valence-electron chi connectivity index (χ1n) is 12.2. The second kappa shape index (κ2) is 12.3. The third-order valence-electron chi connectivity index (χ3n) is 5.80. The van der Waals surface area contributed by atoms with Crippen LogP contribution in [0.1, 0.15) is 44.4 Å². The molecule has 3 amide bonds. The average molecular weight is 562 g/mol. The fourth-order valence-electron chi connectivity index (χ4n) is 3.90. The van der Waals surface area contributed by atoms with Gasteiger partial charge < -0.3 is 20.1 Å². The van der Waals surface area contributed by atoms with E-state index in [2.05, 4.69) is 10.6 Å². The van der Waals surface area contributed by atoms with Crippen molar-refractivity contribution in [1.29, 1.82) is 0 Å². The largest absolute Gasteiger partial charge is 0.465 e. The Kier molecular flexibility index (Phi) is 8.60. The van der Waals surface area contributed by atoms with Crippen molar-refractivity contribution in [3.8, 4) is 0 Å². The molecule has 0 saturated heterocycles. The van der Waals surface area contributed by atoms with Crippen molar-refractivity contribution in [3.05, 3.63) is 100 Å². The van der Waals surface area contributed by atoms with Crippen LogP contribution in [-0.4, -0.2) is 43.4 Å². The van der Waals surface area contributed by atoms with Gasteiger partial charge in [0.25, 0.3) is 17.7 Å². The minimum atomic E-state index is -0.821. The summed E-state index contributed by atoms with van der Waals surface area (Å²) < 4.78 is 9.95. The summed E-state index contributed by atoms with van der Waals surface area (Å²) >= 11 is 6.27. The molecule has 0 aromatic heterocycles. The molecule has 0 unspecified atom stereocenters. The van der Waals surface area contributed by atoms with Crippen LogP contribution in [-0.2, 0) is 19.1 Å². The van der Waals surface area contributed by atoms with Gasteiger partial charge in [0.1, 0.15) is 10.7 Å². The molecular formula is C29H24ClN3O7. The van der Waals surface area contributed by atoms with Crippen molar-refractivity contribution >= 4 is 58.3 Å². The minimum Gasteiger partial charge on any atom is -0.465 e. The summed E-state index contributed by atoms with van der Waals surface area (Å²) in [5.41, 5.74) is 0.766. The van der Waals surface area contributed by atoms with Gasteiger partial charge in [0.2, 0.25) is 0 Å². The molecule has 2 N–H and O–H groups in total. The number of carbonyl (C=O) groups excluding carboxylic acids is 5. The van der Waals surface area contributed by atoms with Crippen LogP contribution in [0.15, 0.2) is 83.5 Å². The highest BCUT2D eigenvalue weighted by Gasteiger charge is 2.40. The van der Waals surface area contributed by atoms with Gasteiger partial charge in [-0.05, 0) is 48.9 Å². The molecule has 0 radical (unpaired) electrons. The molecule has 0 saturated carbocycles. The van der Waals surface area contributed by atoms with E-state index in [4.69, 9.17) is 21.1 Å². The smallest absolute Gasteiger partial charge is 0.340 e. The van der Waals surface area contributed by atoms with Gasteiger partial charge in [-0.25, -0.2) is 14.5 Å². The number of carbonyl (C=O) groups is 5. The zero-order valence-corrected chi connectivity index (χ0v) is 22.3. The molecule has 40 heavy (non-hydrogen) atoms. The van der Waals surface area contributed by atoms with Crippen molar-refractivity contribution in [1.82, 2.24) is 0 Å². The number of imide groups is 1. The topological polar surface area (TPSA) is 131 Å². The summed E-state index contributed by atoms with van der Waals surface area (Å²) in [7, 11) is 1.24. The predicted molar refractivity (Wildman–Crippen MR) is 148 cm³/mol. The molecule has 1 aliphatic rings. The Balaban J connectivity index is 1.56. The first-order chi connectivity index (χ1) is 19.3. The lowest BCUT2D eigenvalue weighted by Crippen LogP contribution is -2.33. The van der Waals surface area contributed by atoms with Crippen molar-refractivity contribution < 1.29 is 33.4 Å². The normalized spacial score (nSPS) is 12.8. The summed E-state index contributed by atoms with van der Waals surface area (Å²) in [5, 5.41) is 5.10. The number of hydrogen-bond acceptors (Lipinski definition) is 8. The summed E-state index contributed by atoms with van der Waals surface area (Å²) in [6.45, 7) is 2.02. The van der Waals surface area contributed by atoms with Crippen LogP contribution in [0, 0.1) is 0 Å². The van der Waals surface area contributed by atoms with Crippen LogP contribution in [0.5, 0.6) is 0 Å². The number of anilines is 3. The first-order valence-corrected chi connectivity index (χ1v) is 12.5. The Hall–Kier alpha value is -4.96. The Morgan fingerprint density at radius 2 is 1.57 bits per heavy atom.